The summed E-state index contributed by atoms with van der Waals surface area (Å²) >= 11 is 0. The SMILES string of the molecule is Cc1noc(CCNC(=O)NCC(C)(O)c2ccco2)n1. The molecule has 2 heterocycles. The van der Waals surface area contributed by atoms with Crippen LogP contribution < -0.4 is 10.6 Å². The van der Waals surface area contributed by atoms with Crippen molar-refractivity contribution in [1.29, 1.82) is 0 Å². The van der Waals surface area contributed by atoms with E-state index < -0.39 is 11.6 Å². The topological polar surface area (TPSA) is 113 Å². The number of hydrogen-bond donors (Lipinski definition) is 3. The Balaban J connectivity index is 1.70. The molecule has 0 aliphatic heterocycles. The zero-order valence-corrected chi connectivity index (χ0v) is 11.9. The number of furan rings is 1. The van der Waals surface area contributed by atoms with Crippen LogP contribution in [0.15, 0.2) is 27.3 Å². The van der Waals surface area contributed by atoms with E-state index in [-0.39, 0.29) is 6.54 Å². The van der Waals surface area contributed by atoms with Gasteiger partial charge in [0.2, 0.25) is 5.89 Å². The predicted octanol–water partition coefficient (Wildman–Crippen LogP) is 0.720. The first-order valence-corrected chi connectivity index (χ1v) is 6.54. The van der Waals surface area contributed by atoms with Crippen molar-refractivity contribution < 1.29 is 18.8 Å². The van der Waals surface area contributed by atoms with Crippen LogP contribution in [0.1, 0.15) is 24.4 Å². The van der Waals surface area contributed by atoms with E-state index in [0.29, 0.717) is 30.4 Å². The molecule has 0 saturated heterocycles. The minimum Gasteiger partial charge on any atom is -0.466 e. The molecule has 2 rings (SSSR count). The van der Waals surface area contributed by atoms with E-state index in [1.165, 1.54) is 6.26 Å². The minimum atomic E-state index is -1.26. The molecule has 0 aliphatic carbocycles. The van der Waals surface area contributed by atoms with Crippen LogP contribution in [0.25, 0.3) is 0 Å². The van der Waals surface area contributed by atoms with Crippen LogP contribution in [0.5, 0.6) is 0 Å². The van der Waals surface area contributed by atoms with Gasteiger partial charge >= 0.3 is 6.03 Å². The molecule has 0 spiro atoms. The molecular formula is C13H18N4O4. The molecule has 1 atom stereocenters. The van der Waals surface area contributed by atoms with E-state index in [0.717, 1.165) is 0 Å². The Bertz CT molecular complexity index is 577. The zero-order chi connectivity index (χ0) is 15.3. The normalized spacial score (nSPS) is 13.7. The maximum Gasteiger partial charge on any atom is 0.314 e. The van der Waals surface area contributed by atoms with Gasteiger partial charge in [-0.2, -0.15) is 4.98 Å². The number of nitrogens with one attached hydrogen (secondary N) is 2. The molecule has 0 bridgehead atoms. The molecule has 3 N–H and O–H groups in total. The first-order chi connectivity index (χ1) is 9.97. The number of rotatable bonds is 6. The van der Waals surface area contributed by atoms with Crippen LogP contribution in [0.2, 0.25) is 0 Å². The van der Waals surface area contributed by atoms with E-state index in [4.69, 9.17) is 8.94 Å². The monoisotopic (exact) mass is 294 g/mol. The summed E-state index contributed by atoms with van der Waals surface area (Å²) in [5.74, 6) is 1.42. The van der Waals surface area contributed by atoms with Gasteiger partial charge in [0.05, 0.1) is 12.8 Å². The number of urea groups is 1. The van der Waals surface area contributed by atoms with Gasteiger partial charge in [-0.15, -0.1) is 0 Å². The second kappa shape index (κ2) is 6.40. The second-order valence-electron chi connectivity index (χ2n) is 4.85. The van der Waals surface area contributed by atoms with Crippen molar-refractivity contribution in [3.05, 3.63) is 35.9 Å². The molecule has 2 aromatic heterocycles. The third-order valence-electron chi connectivity index (χ3n) is 2.84. The lowest BCUT2D eigenvalue weighted by Gasteiger charge is -2.21. The van der Waals surface area contributed by atoms with Gasteiger partial charge in [0.1, 0.15) is 11.4 Å². The van der Waals surface area contributed by atoms with E-state index in [9.17, 15) is 9.90 Å². The summed E-state index contributed by atoms with van der Waals surface area (Å²) in [6.45, 7) is 3.68. The lowest BCUT2D eigenvalue weighted by atomic mass is 10.0. The third-order valence-corrected chi connectivity index (χ3v) is 2.84. The molecule has 0 aromatic carbocycles. The lowest BCUT2D eigenvalue weighted by Crippen LogP contribution is -2.43. The number of hydrogen-bond acceptors (Lipinski definition) is 6. The molecule has 0 saturated carbocycles. The number of aryl methyl sites for hydroxylation is 1. The van der Waals surface area contributed by atoms with Gasteiger partial charge in [-0.1, -0.05) is 5.16 Å². The Morgan fingerprint density at radius 1 is 1.48 bits per heavy atom. The summed E-state index contributed by atoms with van der Waals surface area (Å²) in [5, 5.41) is 19.0. The van der Waals surface area contributed by atoms with Crippen molar-refractivity contribution in [2.24, 2.45) is 0 Å². The van der Waals surface area contributed by atoms with Crippen molar-refractivity contribution in [1.82, 2.24) is 20.8 Å². The molecule has 114 valence electrons. The maximum absolute atomic E-state index is 11.6. The summed E-state index contributed by atoms with van der Waals surface area (Å²) in [6.07, 6.45) is 1.92. The van der Waals surface area contributed by atoms with Crippen molar-refractivity contribution in [2.75, 3.05) is 13.1 Å². The predicted molar refractivity (Wildman–Crippen MR) is 72.4 cm³/mol. The maximum atomic E-state index is 11.6. The standard InChI is InChI=1S/C13H18N4O4/c1-9-16-11(21-17-9)5-6-14-12(18)15-8-13(2,19)10-4-3-7-20-10/h3-4,7,19H,5-6,8H2,1-2H3,(H2,14,15,18). The fourth-order valence-electron chi connectivity index (χ4n) is 1.71. The number of carbonyl (C=O) groups excluding carboxylic acids is 1. The molecule has 2 aromatic rings. The van der Waals surface area contributed by atoms with Crippen molar-refractivity contribution in [2.45, 2.75) is 25.9 Å². The molecule has 0 radical (unpaired) electrons. The van der Waals surface area contributed by atoms with E-state index in [1.54, 1.807) is 26.0 Å². The summed E-state index contributed by atoms with van der Waals surface area (Å²) in [5.41, 5.74) is -1.26. The van der Waals surface area contributed by atoms with Crippen molar-refractivity contribution >= 4 is 6.03 Å². The zero-order valence-electron chi connectivity index (χ0n) is 11.9. The highest BCUT2D eigenvalue weighted by atomic mass is 16.5. The average molecular weight is 294 g/mol. The highest BCUT2D eigenvalue weighted by Crippen LogP contribution is 2.19. The Morgan fingerprint density at radius 3 is 2.90 bits per heavy atom. The van der Waals surface area contributed by atoms with Gasteiger partial charge < -0.3 is 24.7 Å². The first-order valence-electron chi connectivity index (χ1n) is 6.54. The van der Waals surface area contributed by atoms with Crippen LogP contribution in [0, 0.1) is 6.92 Å². The van der Waals surface area contributed by atoms with Crippen LogP contribution in [-0.4, -0.2) is 34.4 Å². The molecule has 8 heteroatoms. The van der Waals surface area contributed by atoms with Crippen molar-refractivity contribution in [3.8, 4) is 0 Å². The van der Waals surface area contributed by atoms with Gasteiger partial charge in [-0.3, -0.25) is 0 Å². The van der Waals surface area contributed by atoms with Gasteiger partial charge in [-0.25, -0.2) is 4.79 Å². The Kier molecular flexibility index (Phi) is 4.59. The summed E-state index contributed by atoms with van der Waals surface area (Å²) in [4.78, 5) is 15.6. The quantitative estimate of drug-likeness (QED) is 0.723. The van der Waals surface area contributed by atoms with Gasteiger partial charge in [-0.05, 0) is 26.0 Å². The number of nitrogens with zero attached hydrogens (tertiary/aromatic N) is 2. The molecule has 8 nitrogen and oxygen atoms in total. The first kappa shape index (κ1) is 15.0. The van der Waals surface area contributed by atoms with Crippen molar-refractivity contribution in [3.63, 3.8) is 0 Å². The van der Waals surface area contributed by atoms with E-state index >= 15 is 0 Å². The molecule has 21 heavy (non-hydrogen) atoms. The molecule has 0 aliphatic rings. The van der Waals surface area contributed by atoms with Crippen LogP contribution >= 0.6 is 0 Å². The lowest BCUT2D eigenvalue weighted by molar-refractivity contribution is 0.0367. The number of aromatic nitrogens is 2. The largest absolute Gasteiger partial charge is 0.466 e. The number of amides is 2. The van der Waals surface area contributed by atoms with Crippen LogP contribution in [-0.2, 0) is 12.0 Å². The van der Waals surface area contributed by atoms with Crippen LogP contribution in [0.4, 0.5) is 4.79 Å². The third kappa shape index (κ3) is 4.32. The van der Waals surface area contributed by atoms with E-state index in [2.05, 4.69) is 20.8 Å². The highest BCUT2D eigenvalue weighted by Gasteiger charge is 2.26. The molecule has 1 unspecified atom stereocenters. The Labute approximate surface area is 121 Å². The second-order valence-corrected chi connectivity index (χ2v) is 4.85. The average Bonchev–Trinajstić information content (AvgIpc) is 3.08. The Hall–Kier alpha value is -2.35. The van der Waals surface area contributed by atoms with Gasteiger partial charge in [0.25, 0.3) is 0 Å². The summed E-state index contributed by atoms with van der Waals surface area (Å²) in [7, 11) is 0. The van der Waals surface area contributed by atoms with Gasteiger partial charge in [0.15, 0.2) is 5.82 Å². The highest BCUT2D eigenvalue weighted by molar-refractivity contribution is 5.73. The fourth-order valence-corrected chi connectivity index (χ4v) is 1.71. The number of aliphatic hydroxyl groups is 1. The molecule has 2 amide bonds. The minimum absolute atomic E-state index is 0.0337. The summed E-state index contributed by atoms with van der Waals surface area (Å²) in [6, 6.07) is 2.94. The van der Waals surface area contributed by atoms with E-state index in [1.807, 2.05) is 0 Å². The smallest absolute Gasteiger partial charge is 0.314 e. The fraction of sp³-hybridized carbons (Fsp3) is 0.462. The molecule has 0 fully saturated rings. The summed E-state index contributed by atoms with van der Waals surface area (Å²) < 4.78 is 10.0. The molecular weight excluding hydrogens is 276 g/mol. The van der Waals surface area contributed by atoms with Crippen LogP contribution in [0.3, 0.4) is 0 Å². The Morgan fingerprint density at radius 2 is 2.29 bits per heavy atom. The van der Waals surface area contributed by atoms with Gasteiger partial charge in [0, 0.05) is 13.0 Å². The number of carbonyl (C=O) groups is 1.